The van der Waals surface area contributed by atoms with Crippen molar-refractivity contribution < 1.29 is 0 Å². The normalized spacial score (nSPS) is 11.3. The van der Waals surface area contributed by atoms with E-state index in [4.69, 9.17) is 4.98 Å². The van der Waals surface area contributed by atoms with Crippen LogP contribution in [0.1, 0.15) is 47.8 Å². The molecule has 1 N–H and O–H groups in total. The maximum absolute atomic E-state index is 4.85. The molecule has 114 valence electrons. The molecular formula is C17H24N2S2. The summed E-state index contributed by atoms with van der Waals surface area (Å²) in [5.41, 5.74) is 2.57. The van der Waals surface area contributed by atoms with Crippen molar-refractivity contribution in [1.82, 2.24) is 10.3 Å². The van der Waals surface area contributed by atoms with E-state index in [2.05, 4.69) is 57.3 Å². The van der Waals surface area contributed by atoms with Crippen molar-refractivity contribution in [3.05, 3.63) is 45.4 Å². The van der Waals surface area contributed by atoms with Gasteiger partial charge in [-0.2, -0.15) is 0 Å². The Morgan fingerprint density at radius 2 is 1.95 bits per heavy atom. The molecule has 0 atom stereocenters. The van der Waals surface area contributed by atoms with Gasteiger partial charge in [0, 0.05) is 16.3 Å². The highest BCUT2D eigenvalue weighted by Crippen LogP contribution is 2.30. The molecule has 1 heterocycles. The smallest absolute Gasteiger partial charge is 0.103 e. The molecule has 2 rings (SSSR count). The van der Waals surface area contributed by atoms with Crippen LogP contribution in [-0.4, -0.2) is 11.5 Å². The molecule has 0 unspecified atom stereocenters. The monoisotopic (exact) mass is 320 g/mol. The van der Waals surface area contributed by atoms with Gasteiger partial charge in [-0.15, -0.1) is 23.1 Å². The Morgan fingerprint density at radius 1 is 1.24 bits per heavy atom. The second-order valence-electron chi connectivity index (χ2n) is 5.45. The number of thiazole rings is 1. The van der Waals surface area contributed by atoms with Gasteiger partial charge in [-0.3, -0.25) is 0 Å². The molecule has 0 fully saturated rings. The van der Waals surface area contributed by atoms with Crippen LogP contribution in [0.15, 0.2) is 29.2 Å². The second-order valence-corrected chi connectivity index (χ2v) is 7.67. The molecule has 1 aromatic heterocycles. The molecule has 21 heavy (non-hydrogen) atoms. The van der Waals surface area contributed by atoms with Gasteiger partial charge in [-0.1, -0.05) is 38.5 Å². The minimum Gasteiger partial charge on any atom is -0.312 e. The van der Waals surface area contributed by atoms with Crippen molar-refractivity contribution in [1.29, 1.82) is 0 Å². The van der Waals surface area contributed by atoms with Gasteiger partial charge < -0.3 is 5.32 Å². The van der Waals surface area contributed by atoms with Crippen LogP contribution in [-0.2, 0) is 12.3 Å². The van der Waals surface area contributed by atoms with Crippen LogP contribution in [0.5, 0.6) is 0 Å². The number of benzene rings is 1. The van der Waals surface area contributed by atoms with Crippen molar-refractivity contribution in [3.8, 4) is 0 Å². The number of nitrogens with one attached hydrogen (secondary N) is 1. The van der Waals surface area contributed by atoms with Crippen LogP contribution < -0.4 is 5.32 Å². The Balaban J connectivity index is 2.04. The molecule has 0 aliphatic heterocycles. The van der Waals surface area contributed by atoms with Gasteiger partial charge in [0.1, 0.15) is 5.01 Å². The van der Waals surface area contributed by atoms with Gasteiger partial charge >= 0.3 is 0 Å². The summed E-state index contributed by atoms with van der Waals surface area (Å²) in [6.45, 7) is 10.7. The van der Waals surface area contributed by atoms with Crippen LogP contribution in [0, 0.1) is 6.92 Å². The summed E-state index contributed by atoms with van der Waals surface area (Å²) in [7, 11) is 0. The fourth-order valence-electron chi connectivity index (χ4n) is 2.07. The molecule has 0 radical (unpaired) electrons. The molecule has 0 spiro atoms. The van der Waals surface area contributed by atoms with Crippen molar-refractivity contribution in [2.45, 2.75) is 50.8 Å². The molecule has 4 heteroatoms. The Morgan fingerprint density at radius 3 is 2.57 bits per heavy atom. The van der Waals surface area contributed by atoms with E-state index in [0.29, 0.717) is 5.92 Å². The SMILES string of the molecule is CCNCc1sc(CSc2ccc(C)cc2)nc1C(C)C. The maximum atomic E-state index is 4.85. The first-order chi connectivity index (χ1) is 10.1. The standard InChI is InChI=1S/C17H24N2S2/c1-5-18-10-15-17(12(2)3)19-16(21-15)11-20-14-8-6-13(4)7-9-14/h6-9,12,18H,5,10-11H2,1-4H3. The quantitative estimate of drug-likeness (QED) is 0.729. The van der Waals surface area contributed by atoms with Gasteiger partial charge in [0.2, 0.25) is 0 Å². The average molecular weight is 321 g/mol. The minimum absolute atomic E-state index is 0.494. The lowest BCUT2D eigenvalue weighted by Gasteiger charge is -2.04. The lowest BCUT2D eigenvalue weighted by atomic mass is 10.1. The van der Waals surface area contributed by atoms with Gasteiger partial charge in [0.15, 0.2) is 0 Å². The summed E-state index contributed by atoms with van der Waals surface area (Å²) in [6, 6.07) is 8.72. The molecule has 0 aliphatic carbocycles. The first-order valence-corrected chi connectivity index (χ1v) is 9.29. The van der Waals surface area contributed by atoms with E-state index in [9.17, 15) is 0 Å². The molecule has 2 aromatic rings. The third-order valence-corrected chi connectivity index (χ3v) is 5.51. The van der Waals surface area contributed by atoms with Crippen molar-refractivity contribution >= 4 is 23.1 Å². The predicted octanol–water partition coefficient (Wildman–Crippen LogP) is 4.98. The van der Waals surface area contributed by atoms with Crippen molar-refractivity contribution in [2.24, 2.45) is 0 Å². The van der Waals surface area contributed by atoms with Crippen LogP contribution in [0.2, 0.25) is 0 Å². The highest BCUT2D eigenvalue weighted by atomic mass is 32.2. The van der Waals surface area contributed by atoms with E-state index < -0.39 is 0 Å². The lowest BCUT2D eigenvalue weighted by molar-refractivity contribution is 0.713. The van der Waals surface area contributed by atoms with Gasteiger partial charge in [-0.05, 0) is 31.5 Å². The Hall–Kier alpha value is -0.840. The van der Waals surface area contributed by atoms with Crippen LogP contribution >= 0.6 is 23.1 Å². The molecule has 2 nitrogen and oxygen atoms in total. The fraction of sp³-hybridized carbons (Fsp3) is 0.471. The molecule has 1 aromatic carbocycles. The molecule has 0 saturated carbocycles. The predicted molar refractivity (Wildman–Crippen MR) is 94.3 cm³/mol. The number of hydrogen-bond acceptors (Lipinski definition) is 4. The first kappa shape index (κ1) is 16.5. The maximum Gasteiger partial charge on any atom is 0.103 e. The van der Waals surface area contributed by atoms with Crippen molar-refractivity contribution in [3.63, 3.8) is 0 Å². The zero-order valence-corrected chi connectivity index (χ0v) is 14.9. The van der Waals surface area contributed by atoms with Gasteiger partial charge in [-0.25, -0.2) is 4.98 Å². The summed E-state index contributed by atoms with van der Waals surface area (Å²) in [5, 5.41) is 4.65. The van der Waals surface area contributed by atoms with E-state index in [1.165, 1.54) is 26.0 Å². The summed E-state index contributed by atoms with van der Waals surface area (Å²) in [4.78, 5) is 7.56. The number of thioether (sulfide) groups is 1. The number of nitrogens with zero attached hydrogens (tertiary/aromatic N) is 1. The summed E-state index contributed by atoms with van der Waals surface area (Å²) in [6.07, 6.45) is 0. The molecule has 0 saturated heterocycles. The van der Waals surface area contributed by atoms with Gasteiger partial charge in [0.05, 0.1) is 11.4 Å². The van der Waals surface area contributed by atoms with E-state index in [0.717, 1.165) is 18.8 Å². The minimum atomic E-state index is 0.494. The Kier molecular flexibility index (Phi) is 6.27. The Bertz CT molecular complexity index is 559. The van der Waals surface area contributed by atoms with Crippen molar-refractivity contribution in [2.75, 3.05) is 6.54 Å². The highest BCUT2D eigenvalue weighted by molar-refractivity contribution is 7.98. The van der Waals surface area contributed by atoms with Crippen LogP contribution in [0.3, 0.4) is 0 Å². The number of hydrogen-bond donors (Lipinski definition) is 1. The topological polar surface area (TPSA) is 24.9 Å². The summed E-state index contributed by atoms with van der Waals surface area (Å²) in [5.74, 6) is 1.45. The highest BCUT2D eigenvalue weighted by Gasteiger charge is 2.13. The molecule has 0 aliphatic rings. The summed E-state index contributed by atoms with van der Waals surface area (Å²) < 4.78 is 0. The van der Waals surface area contributed by atoms with E-state index in [1.54, 1.807) is 0 Å². The number of rotatable bonds is 7. The van der Waals surface area contributed by atoms with E-state index >= 15 is 0 Å². The fourth-order valence-corrected chi connectivity index (χ4v) is 4.16. The third-order valence-electron chi connectivity index (χ3n) is 3.24. The van der Waals surface area contributed by atoms with Crippen LogP contribution in [0.25, 0.3) is 0 Å². The first-order valence-electron chi connectivity index (χ1n) is 7.48. The third kappa shape index (κ3) is 4.83. The van der Waals surface area contributed by atoms with Gasteiger partial charge in [0.25, 0.3) is 0 Å². The average Bonchev–Trinajstić information content (AvgIpc) is 2.88. The molecule has 0 bridgehead atoms. The molecule has 0 amide bonds. The number of aromatic nitrogens is 1. The second kappa shape index (κ2) is 7.97. The van der Waals surface area contributed by atoms with E-state index in [-0.39, 0.29) is 0 Å². The molecular weight excluding hydrogens is 296 g/mol. The zero-order chi connectivity index (χ0) is 15.2. The lowest BCUT2D eigenvalue weighted by Crippen LogP contribution is -2.12. The zero-order valence-electron chi connectivity index (χ0n) is 13.3. The largest absolute Gasteiger partial charge is 0.312 e. The van der Waals surface area contributed by atoms with Crippen LogP contribution in [0.4, 0.5) is 0 Å². The summed E-state index contributed by atoms with van der Waals surface area (Å²) >= 11 is 3.72. The van der Waals surface area contributed by atoms with E-state index in [1.807, 2.05) is 23.1 Å². The Labute approximate surface area is 136 Å². The number of aryl methyl sites for hydroxylation is 1.